The Balaban J connectivity index is 2.39. The maximum atomic E-state index is 10.6. The zero-order chi connectivity index (χ0) is 10.4. The van der Waals surface area contributed by atoms with Gasteiger partial charge in [-0.25, -0.2) is 0 Å². The fourth-order valence-electron chi connectivity index (χ4n) is 1.23. The van der Waals surface area contributed by atoms with Crippen LogP contribution in [0.1, 0.15) is 11.1 Å². The Kier molecular flexibility index (Phi) is 3.69. The molecule has 0 aliphatic rings. The molecular weight excluding hydrogens is 176 g/mol. The van der Waals surface area contributed by atoms with E-state index in [1.165, 1.54) is 17.2 Å². The van der Waals surface area contributed by atoms with Crippen molar-refractivity contribution in [2.75, 3.05) is 6.54 Å². The number of nitrogens with zero attached hydrogens (tertiary/aromatic N) is 1. The molecule has 0 saturated heterocycles. The van der Waals surface area contributed by atoms with Crippen LogP contribution in [0.2, 0.25) is 0 Å². The van der Waals surface area contributed by atoms with E-state index in [9.17, 15) is 4.79 Å². The van der Waals surface area contributed by atoms with E-state index in [1.807, 2.05) is 25.1 Å². The molecule has 1 aromatic rings. The third-order valence-corrected chi connectivity index (χ3v) is 1.88. The van der Waals surface area contributed by atoms with Crippen molar-refractivity contribution < 1.29 is 4.79 Å². The molecule has 1 amide bonds. The molecule has 1 aromatic carbocycles. The molecule has 3 heteroatoms. The number of hydrogen-bond acceptors (Lipinski definition) is 2. The van der Waals surface area contributed by atoms with Crippen LogP contribution in [0.15, 0.2) is 24.3 Å². The van der Waals surface area contributed by atoms with Gasteiger partial charge in [-0.15, -0.1) is 0 Å². The molecule has 0 aliphatic carbocycles. The summed E-state index contributed by atoms with van der Waals surface area (Å²) in [5.41, 5.74) is 2.37. The smallest absolute Gasteiger partial charge is 0.322 e. The lowest BCUT2D eigenvalue weighted by atomic mass is 10.1. The Morgan fingerprint density at radius 2 is 2.36 bits per heavy atom. The van der Waals surface area contributed by atoms with Crippen molar-refractivity contribution in [1.82, 2.24) is 5.32 Å². The normalized spacial score (nSPS) is 9.14. The number of nitriles is 1. The zero-order valence-corrected chi connectivity index (χ0v) is 8.08. The quantitative estimate of drug-likeness (QED) is 0.724. The number of rotatable bonds is 3. The number of aryl methyl sites for hydroxylation is 1. The van der Waals surface area contributed by atoms with Gasteiger partial charge in [0.25, 0.3) is 0 Å². The molecular formula is C11H12N2O. The average molecular weight is 188 g/mol. The molecule has 0 saturated carbocycles. The number of carbonyl (C=O) groups excluding carboxylic acids is 1. The molecule has 0 atom stereocenters. The summed E-state index contributed by atoms with van der Waals surface area (Å²) in [4.78, 5) is 10.6. The predicted molar refractivity (Wildman–Crippen MR) is 53.5 cm³/mol. The molecule has 3 nitrogen and oxygen atoms in total. The van der Waals surface area contributed by atoms with Crippen molar-refractivity contribution in [2.24, 2.45) is 0 Å². The Morgan fingerprint density at radius 1 is 1.57 bits per heavy atom. The number of hydrogen-bond donors (Lipinski definition) is 1. The van der Waals surface area contributed by atoms with Crippen molar-refractivity contribution in [1.29, 1.82) is 5.26 Å². The zero-order valence-electron chi connectivity index (χ0n) is 8.08. The molecule has 0 heterocycles. The van der Waals surface area contributed by atoms with E-state index in [1.54, 1.807) is 0 Å². The van der Waals surface area contributed by atoms with Gasteiger partial charge in [-0.2, -0.15) is 5.26 Å². The molecule has 0 spiro atoms. The first-order chi connectivity index (χ1) is 6.72. The van der Waals surface area contributed by atoms with Crippen LogP contribution in [-0.4, -0.2) is 12.5 Å². The van der Waals surface area contributed by atoms with Gasteiger partial charge in [0, 0.05) is 6.54 Å². The maximum absolute atomic E-state index is 10.6. The lowest BCUT2D eigenvalue weighted by Crippen LogP contribution is -2.23. The van der Waals surface area contributed by atoms with E-state index in [4.69, 9.17) is 5.26 Å². The van der Waals surface area contributed by atoms with Gasteiger partial charge in [-0.1, -0.05) is 29.8 Å². The summed E-state index contributed by atoms with van der Waals surface area (Å²) >= 11 is 0. The summed E-state index contributed by atoms with van der Waals surface area (Å²) in [5, 5.41) is 10.7. The summed E-state index contributed by atoms with van der Waals surface area (Å²) in [6.45, 7) is 2.53. The van der Waals surface area contributed by atoms with Crippen LogP contribution in [0.3, 0.4) is 0 Å². The van der Waals surface area contributed by atoms with E-state index in [2.05, 4.69) is 11.4 Å². The molecule has 0 fully saturated rings. The van der Waals surface area contributed by atoms with Crippen molar-refractivity contribution >= 4 is 5.91 Å². The molecule has 0 radical (unpaired) electrons. The molecule has 0 unspecified atom stereocenters. The van der Waals surface area contributed by atoms with Crippen molar-refractivity contribution in [2.45, 2.75) is 13.3 Å². The van der Waals surface area contributed by atoms with Gasteiger partial charge in [0.1, 0.15) is 0 Å². The minimum absolute atomic E-state index is 0.510. The van der Waals surface area contributed by atoms with E-state index < -0.39 is 5.91 Å². The molecule has 14 heavy (non-hydrogen) atoms. The Labute approximate surface area is 83.4 Å². The molecule has 72 valence electrons. The third kappa shape index (κ3) is 3.28. The van der Waals surface area contributed by atoms with Crippen LogP contribution < -0.4 is 5.32 Å². The lowest BCUT2D eigenvalue weighted by Gasteiger charge is -2.02. The van der Waals surface area contributed by atoms with E-state index in [0.717, 1.165) is 6.42 Å². The Morgan fingerprint density at radius 3 is 3.00 bits per heavy atom. The first-order valence-corrected chi connectivity index (χ1v) is 4.46. The van der Waals surface area contributed by atoms with Crippen LogP contribution in [0, 0.1) is 18.3 Å². The second-order valence-corrected chi connectivity index (χ2v) is 3.11. The van der Waals surface area contributed by atoms with Gasteiger partial charge >= 0.3 is 5.91 Å². The summed E-state index contributed by atoms with van der Waals surface area (Å²) in [7, 11) is 0. The Hall–Kier alpha value is -1.82. The molecule has 0 aromatic heterocycles. The highest BCUT2D eigenvalue weighted by molar-refractivity contribution is 5.91. The van der Waals surface area contributed by atoms with E-state index >= 15 is 0 Å². The third-order valence-electron chi connectivity index (χ3n) is 1.88. The SMILES string of the molecule is Cc1cccc(CCNC(=O)C#N)c1. The van der Waals surface area contributed by atoms with Crippen LogP contribution in [0.5, 0.6) is 0 Å². The molecule has 1 rings (SSSR count). The maximum Gasteiger partial charge on any atom is 0.322 e. The topological polar surface area (TPSA) is 52.9 Å². The standard InChI is InChI=1S/C11H12N2O/c1-9-3-2-4-10(7-9)5-6-13-11(14)8-12/h2-4,7H,5-6H2,1H3,(H,13,14). The van der Waals surface area contributed by atoms with Gasteiger partial charge in [-0.05, 0) is 18.9 Å². The van der Waals surface area contributed by atoms with Crippen LogP contribution in [-0.2, 0) is 11.2 Å². The minimum atomic E-state index is -0.572. The first kappa shape index (κ1) is 10.3. The first-order valence-electron chi connectivity index (χ1n) is 4.46. The van der Waals surface area contributed by atoms with Crippen molar-refractivity contribution in [3.05, 3.63) is 35.4 Å². The lowest BCUT2D eigenvalue weighted by molar-refractivity contribution is -0.115. The van der Waals surface area contributed by atoms with E-state index in [-0.39, 0.29) is 0 Å². The Bertz CT molecular complexity index is 366. The average Bonchev–Trinajstić information content (AvgIpc) is 2.17. The molecule has 1 N–H and O–H groups in total. The highest BCUT2D eigenvalue weighted by atomic mass is 16.1. The molecule has 0 aliphatic heterocycles. The second-order valence-electron chi connectivity index (χ2n) is 3.11. The fraction of sp³-hybridized carbons (Fsp3) is 0.273. The van der Waals surface area contributed by atoms with Crippen LogP contribution in [0.4, 0.5) is 0 Å². The van der Waals surface area contributed by atoms with E-state index in [0.29, 0.717) is 6.54 Å². The van der Waals surface area contributed by atoms with Crippen LogP contribution in [0.25, 0.3) is 0 Å². The largest absolute Gasteiger partial charge is 0.343 e. The second kappa shape index (κ2) is 5.03. The highest BCUT2D eigenvalue weighted by Gasteiger charge is 1.97. The summed E-state index contributed by atoms with van der Waals surface area (Å²) in [6.07, 6.45) is 0.759. The number of amides is 1. The highest BCUT2D eigenvalue weighted by Crippen LogP contribution is 2.03. The predicted octanol–water partition coefficient (Wildman–Crippen LogP) is 1.18. The van der Waals surface area contributed by atoms with Crippen molar-refractivity contribution in [3.63, 3.8) is 0 Å². The molecule has 0 bridgehead atoms. The number of carbonyl (C=O) groups is 1. The van der Waals surface area contributed by atoms with Gasteiger partial charge in [0.05, 0.1) is 0 Å². The van der Waals surface area contributed by atoms with Crippen molar-refractivity contribution in [3.8, 4) is 6.07 Å². The number of benzene rings is 1. The van der Waals surface area contributed by atoms with Gasteiger partial charge < -0.3 is 5.32 Å². The minimum Gasteiger partial charge on any atom is -0.343 e. The van der Waals surface area contributed by atoms with Gasteiger partial charge in [0.2, 0.25) is 0 Å². The van der Waals surface area contributed by atoms with Crippen LogP contribution >= 0.6 is 0 Å². The summed E-state index contributed by atoms with van der Waals surface area (Å²) < 4.78 is 0. The monoisotopic (exact) mass is 188 g/mol. The van der Waals surface area contributed by atoms with Gasteiger partial charge in [0.15, 0.2) is 6.07 Å². The number of nitrogens with one attached hydrogen (secondary N) is 1. The summed E-state index contributed by atoms with van der Waals surface area (Å²) in [5.74, 6) is -0.572. The fourth-order valence-corrected chi connectivity index (χ4v) is 1.23. The van der Waals surface area contributed by atoms with Gasteiger partial charge in [-0.3, -0.25) is 4.79 Å². The summed E-state index contributed by atoms with van der Waals surface area (Å²) in [6, 6.07) is 9.59.